The molecule has 14 heteroatoms. The van der Waals surface area contributed by atoms with Crippen molar-refractivity contribution in [1.82, 2.24) is 29.2 Å². The predicted octanol–water partition coefficient (Wildman–Crippen LogP) is 5.33. The topological polar surface area (TPSA) is 166 Å². The predicted molar refractivity (Wildman–Crippen MR) is 208 cm³/mol. The number of aliphatic hydroxyl groups is 2. The van der Waals surface area contributed by atoms with Crippen LogP contribution in [0.25, 0.3) is 11.3 Å². The van der Waals surface area contributed by atoms with Crippen LogP contribution in [0.15, 0.2) is 73.6 Å². The lowest BCUT2D eigenvalue weighted by molar-refractivity contribution is 0.0666. The molecule has 0 spiro atoms. The van der Waals surface area contributed by atoms with Gasteiger partial charge in [-0.3, -0.25) is 9.59 Å². The molecule has 2 aromatic carbocycles. The molecule has 0 saturated carbocycles. The van der Waals surface area contributed by atoms with Crippen LogP contribution in [0.4, 0.5) is 22.7 Å². The summed E-state index contributed by atoms with van der Waals surface area (Å²) in [6.45, 7) is 8.21. The maximum Gasteiger partial charge on any atom is 0.261 e. The van der Waals surface area contributed by atoms with Crippen LogP contribution in [0.3, 0.4) is 0 Å². The minimum Gasteiger partial charge on any atom is -0.388 e. The molecule has 0 aliphatic heterocycles. The van der Waals surface area contributed by atoms with Gasteiger partial charge in [0, 0.05) is 53.0 Å². The summed E-state index contributed by atoms with van der Waals surface area (Å²) in [6, 6.07) is 11.4. The van der Waals surface area contributed by atoms with E-state index in [9.17, 15) is 19.8 Å². The van der Waals surface area contributed by atoms with Gasteiger partial charge in [-0.1, -0.05) is 27.7 Å². The van der Waals surface area contributed by atoms with Crippen molar-refractivity contribution in [3.63, 3.8) is 0 Å². The third-order valence-electron chi connectivity index (χ3n) is 10.4. The summed E-state index contributed by atoms with van der Waals surface area (Å²) in [5.74, 6) is -0.519. The van der Waals surface area contributed by atoms with Crippen LogP contribution in [0.1, 0.15) is 82.9 Å². The number of amides is 2. The van der Waals surface area contributed by atoms with Gasteiger partial charge in [0.2, 0.25) is 0 Å². The molecule has 2 aliphatic rings. The van der Waals surface area contributed by atoms with Gasteiger partial charge in [0.25, 0.3) is 11.8 Å². The van der Waals surface area contributed by atoms with E-state index < -0.39 is 12.2 Å². The number of nitrogens with zero attached hydrogens (tertiary/aromatic N) is 8. The largest absolute Gasteiger partial charge is 0.388 e. The van der Waals surface area contributed by atoms with E-state index in [0.717, 1.165) is 46.5 Å². The van der Waals surface area contributed by atoms with Crippen LogP contribution in [0, 0.1) is 10.8 Å². The standard InChI is InChI=1S/2C20H23N5O2/c2*1-20(2)10-12-8-15(16(24(3)4)9-13(12)17(20)26)23-19(27)14-11-22-25-7-5-6-21-18(14)25/h2*5-9,11,17,26H,10H2,1-4H3,(H,23,27)/t2*17-/m10/s1. The molecular weight excluding hydrogens is 685 g/mol. The van der Waals surface area contributed by atoms with Gasteiger partial charge in [0.1, 0.15) is 11.1 Å². The second kappa shape index (κ2) is 13.5. The fourth-order valence-corrected chi connectivity index (χ4v) is 7.43. The Morgan fingerprint density at radius 3 is 1.44 bits per heavy atom. The van der Waals surface area contributed by atoms with Crippen LogP contribution in [-0.2, 0) is 12.8 Å². The number of hydrogen-bond donors (Lipinski definition) is 4. The molecule has 0 saturated heterocycles. The van der Waals surface area contributed by atoms with E-state index in [2.05, 4.69) is 58.5 Å². The molecule has 4 aromatic heterocycles. The maximum atomic E-state index is 12.9. The lowest BCUT2D eigenvalue weighted by atomic mass is 9.87. The first-order chi connectivity index (χ1) is 25.6. The number of aliphatic hydroxyl groups excluding tert-OH is 2. The van der Waals surface area contributed by atoms with E-state index in [1.807, 2.05) is 62.3 Å². The van der Waals surface area contributed by atoms with Crippen LogP contribution in [0.2, 0.25) is 0 Å². The summed E-state index contributed by atoms with van der Waals surface area (Å²) in [7, 11) is 7.67. The highest BCUT2D eigenvalue weighted by atomic mass is 16.3. The molecular formula is C40H46N10O4. The normalized spacial score (nSPS) is 17.7. The Morgan fingerprint density at radius 1 is 0.685 bits per heavy atom. The van der Waals surface area contributed by atoms with Gasteiger partial charge in [-0.05, 0) is 82.3 Å². The van der Waals surface area contributed by atoms with Crippen molar-refractivity contribution in [3.8, 4) is 0 Å². The van der Waals surface area contributed by atoms with Crippen LogP contribution in [0.5, 0.6) is 0 Å². The number of carbonyl (C=O) groups is 2. The number of carbonyl (C=O) groups excluding carboxylic acids is 2. The summed E-state index contributed by atoms with van der Waals surface area (Å²) in [4.78, 5) is 38.1. The smallest absolute Gasteiger partial charge is 0.261 e. The maximum absolute atomic E-state index is 12.9. The molecule has 280 valence electrons. The quantitative estimate of drug-likeness (QED) is 0.176. The summed E-state index contributed by atoms with van der Waals surface area (Å²) < 4.78 is 3.15. The van der Waals surface area contributed by atoms with Crippen LogP contribution in [-0.4, -0.2) is 79.4 Å². The zero-order valence-corrected chi connectivity index (χ0v) is 31.8. The third-order valence-corrected chi connectivity index (χ3v) is 10.4. The fraction of sp³-hybridized carbons (Fsp3) is 0.350. The Hall–Kier alpha value is -5.86. The monoisotopic (exact) mass is 730 g/mol. The minimum atomic E-state index is -0.514. The molecule has 8 rings (SSSR count). The highest BCUT2D eigenvalue weighted by Crippen LogP contribution is 2.49. The van der Waals surface area contributed by atoms with Crippen molar-refractivity contribution in [2.45, 2.75) is 52.7 Å². The zero-order valence-electron chi connectivity index (χ0n) is 31.8. The molecule has 4 heterocycles. The highest BCUT2D eigenvalue weighted by molar-refractivity contribution is 6.10. The van der Waals surface area contributed by atoms with Crippen molar-refractivity contribution < 1.29 is 19.8 Å². The third kappa shape index (κ3) is 6.51. The Balaban J connectivity index is 0.000000167. The first-order valence-corrected chi connectivity index (χ1v) is 17.8. The number of nitrogens with one attached hydrogen (secondary N) is 2. The second-order valence-corrected chi connectivity index (χ2v) is 15.9. The Morgan fingerprint density at radius 2 is 1.07 bits per heavy atom. The molecule has 14 nitrogen and oxygen atoms in total. The van der Waals surface area contributed by atoms with E-state index in [0.29, 0.717) is 33.8 Å². The van der Waals surface area contributed by atoms with E-state index in [-0.39, 0.29) is 22.6 Å². The SMILES string of the molecule is CN(C)c1cc2c(cc1NC(=O)c1cnn3cccnc13)CC(C)(C)[C@@H]2O.CN(C)c1cc2c(cc1NC(=O)c1cnn3cccnc13)CC(C)(C)[C@H]2O. The Bertz CT molecular complexity index is 2240. The first-order valence-electron chi connectivity index (χ1n) is 17.8. The number of aromatic nitrogens is 6. The summed E-state index contributed by atoms with van der Waals surface area (Å²) >= 11 is 0. The van der Waals surface area contributed by atoms with Crippen LogP contribution < -0.4 is 20.4 Å². The minimum absolute atomic E-state index is 0.221. The molecule has 6 aromatic rings. The Labute approximate surface area is 313 Å². The lowest BCUT2D eigenvalue weighted by Gasteiger charge is -2.23. The Kier molecular flexibility index (Phi) is 9.14. The molecule has 2 amide bonds. The number of benzene rings is 2. The van der Waals surface area contributed by atoms with E-state index in [4.69, 9.17) is 0 Å². The number of anilines is 4. The van der Waals surface area contributed by atoms with Crippen molar-refractivity contribution in [3.05, 3.63) is 107 Å². The van der Waals surface area contributed by atoms with Crippen LogP contribution >= 0.6 is 0 Å². The number of rotatable bonds is 6. The van der Waals surface area contributed by atoms with Gasteiger partial charge in [-0.25, -0.2) is 19.0 Å². The average Bonchev–Trinajstić information content (AvgIpc) is 3.85. The molecule has 2 atom stereocenters. The molecule has 54 heavy (non-hydrogen) atoms. The van der Waals surface area contributed by atoms with Gasteiger partial charge >= 0.3 is 0 Å². The summed E-state index contributed by atoms with van der Waals surface area (Å²) in [6.07, 6.45) is 10.3. The number of hydrogen-bond acceptors (Lipinski definition) is 10. The molecule has 0 bridgehead atoms. The zero-order chi connectivity index (χ0) is 38.7. The van der Waals surface area contributed by atoms with Gasteiger partial charge < -0.3 is 30.6 Å². The second-order valence-electron chi connectivity index (χ2n) is 15.9. The van der Waals surface area contributed by atoms with E-state index >= 15 is 0 Å². The van der Waals surface area contributed by atoms with E-state index in [1.165, 1.54) is 12.4 Å². The van der Waals surface area contributed by atoms with E-state index in [1.54, 1.807) is 46.0 Å². The van der Waals surface area contributed by atoms with Gasteiger partial charge in [-0.2, -0.15) is 10.2 Å². The number of fused-ring (bicyclic) bond motifs is 4. The van der Waals surface area contributed by atoms with Crippen molar-refractivity contribution >= 4 is 45.9 Å². The van der Waals surface area contributed by atoms with Gasteiger partial charge in [0.05, 0.1) is 47.4 Å². The van der Waals surface area contributed by atoms with Crippen molar-refractivity contribution in [2.75, 3.05) is 48.6 Å². The summed E-state index contributed by atoms with van der Waals surface area (Å²) in [5.41, 5.74) is 8.53. The van der Waals surface area contributed by atoms with Gasteiger partial charge in [0.15, 0.2) is 11.3 Å². The van der Waals surface area contributed by atoms with Crippen molar-refractivity contribution in [1.29, 1.82) is 0 Å². The van der Waals surface area contributed by atoms with Gasteiger partial charge in [-0.15, -0.1) is 0 Å². The molecule has 0 unspecified atom stereocenters. The lowest BCUT2D eigenvalue weighted by Crippen LogP contribution is -2.18. The molecule has 2 aliphatic carbocycles. The molecule has 4 N–H and O–H groups in total. The summed E-state index contributed by atoms with van der Waals surface area (Å²) in [5, 5.41) is 35.6. The average molecular weight is 731 g/mol. The first kappa shape index (κ1) is 36.5. The molecule has 0 radical (unpaired) electrons. The molecule has 0 fully saturated rings. The van der Waals surface area contributed by atoms with Crippen molar-refractivity contribution in [2.24, 2.45) is 10.8 Å². The fourth-order valence-electron chi connectivity index (χ4n) is 7.43. The highest BCUT2D eigenvalue weighted by Gasteiger charge is 2.40.